The van der Waals surface area contributed by atoms with E-state index in [1.165, 1.54) is 22.3 Å². The molecule has 3 heteroatoms. The molecule has 3 nitrogen and oxygen atoms in total. The van der Waals surface area contributed by atoms with Crippen molar-refractivity contribution in [2.45, 2.75) is 57.3 Å². The van der Waals surface area contributed by atoms with Crippen LogP contribution in [-0.4, -0.2) is 37.3 Å². The second-order valence-corrected chi connectivity index (χ2v) is 7.87. The summed E-state index contributed by atoms with van der Waals surface area (Å²) >= 11 is 0. The quantitative estimate of drug-likeness (QED) is 0.741. The first-order valence-corrected chi connectivity index (χ1v) is 8.63. The molecule has 0 bridgehead atoms. The molecule has 0 aromatic heterocycles. The van der Waals surface area contributed by atoms with Crippen molar-refractivity contribution in [1.29, 1.82) is 0 Å². The Hall–Kier alpha value is -1.32. The van der Waals surface area contributed by atoms with Gasteiger partial charge in [-0.05, 0) is 57.5 Å². The molecule has 1 aliphatic carbocycles. The highest BCUT2D eigenvalue weighted by Gasteiger charge is 2.54. The van der Waals surface area contributed by atoms with Crippen LogP contribution in [0.5, 0.6) is 5.75 Å². The lowest BCUT2D eigenvalue weighted by Crippen LogP contribution is -2.47. The van der Waals surface area contributed by atoms with Crippen LogP contribution in [0.4, 0.5) is 0 Å². The lowest BCUT2D eigenvalue weighted by Gasteiger charge is -2.41. The van der Waals surface area contributed by atoms with Crippen molar-refractivity contribution in [1.82, 2.24) is 4.90 Å². The molecule has 2 heterocycles. The van der Waals surface area contributed by atoms with E-state index >= 15 is 0 Å². The lowest BCUT2D eigenvalue weighted by atomic mass is 9.66. The van der Waals surface area contributed by atoms with Gasteiger partial charge in [-0.15, -0.1) is 0 Å². The summed E-state index contributed by atoms with van der Waals surface area (Å²) < 4.78 is 12.3. The van der Waals surface area contributed by atoms with Gasteiger partial charge in [-0.1, -0.05) is 18.2 Å². The lowest BCUT2D eigenvalue weighted by molar-refractivity contribution is -0.0100. The van der Waals surface area contributed by atoms with Crippen LogP contribution < -0.4 is 4.74 Å². The van der Waals surface area contributed by atoms with Gasteiger partial charge in [-0.2, -0.15) is 0 Å². The predicted molar refractivity (Wildman–Crippen MR) is 92.1 cm³/mol. The summed E-state index contributed by atoms with van der Waals surface area (Å²) in [7, 11) is 4.02. The highest BCUT2D eigenvalue weighted by molar-refractivity contribution is 5.60. The molecule has 0 radical (unpaired) electrons. The zero-order chi connectivity index (χ0) is 16.4. The number of hydrogen-bond acceptors (Lipinski definition) is 3. The number of hydrogen-bond donors (Lipinski definition) is 0. The molecule has 124 valence electrons. The van der Waals surface area contributed by atoms with Gasteiger partial charge in [0.1, 0.15) is 11.9 Å². The van der Waals surface area contributed by atoms with E-state index in [2.05, 4.69) is 50.9 Å². The van der Waals surface area contributed by atoms with Crippen LogP contribution in [0.3, 0.4) is 0 Å². The van der Waals surface area contributed by atoms with Crippen LogP contribution >= 0.6 is 0 Å². The molecule has 1 spiro atoms. The molecule has 2 aliphatic heterocycles. The topological polar surface area (TPSA) is 21.7 Å². The predicted octanol–water partition coefficient (Wildman–Crippen LogP) is 3.50. The van der Waals surface area contributed by atoms with Gasteiger partial charge in [0, 0.05) is 25.6 Å². The summed E-state index contributed by atoms with van der Waals surface area (Å²) in [4.78, 5) is 2.44. The number of aryl methyl sites for hydroxylation is 1. The van der Waals surface area contributed by atoms with E-state index < -0.39 is 0 Å². The minimum atomic E-state index is -0.223. The Bertz CT molecular complexity index is 695. The smallest absolute Gasteiger partial charge is 0.127 e. The molecule has 0 saturated carbocycles. The Labute approximate surface area is 139 Å². The van der Waals surface area contributed by atoms with Gasteiger partial charge < -0.3 is 14.4 Å². The Morgan fingerprint density at radius 1 is 1.30 bits per heavy atom. The molecule has 3 atom stereocenters. The van der Waals surface area contributed by atoms with E-state index in [0.29, 0.717) is 0 Å². The van der Waals surface area contributed by atoms with Crippen LogP contribution in [0.2, 0.25) is 0 Å². The Kier molecular flexibility index (Phi) is 3.20. The van der Waals surface area contributed by atoms with Gasteiger partial charge in [0.05, 0.1) is 11.0 Å². The fourth-order valence-corrected chi connectivity index (χ4v) is 4.59. The number of rotatable bonds is 1. The Morgan fingerprint density at radius 3 is 2.83 bits per heavy atom. The average molecular weight is 313 g/mol. The molecule has 0 N–H and O–H groups in total. The molecular weight excluding hydrogens is 286 g/mol. The molecule has 4 rings (SSSR count). The maximum absolute atomic E-state index is 6.58. The van der Waals surface area contributed by atoms with E-state index in [1.807, 2.05) is 0 Å². The van der Waals surface area contributed by atoms with Crippen molar-refractivity contribution in [3.05, 3.63) is 40.5 Å². The molecule has 23 heavy (non-hydrogen) atoms. The van der Waals surface area contributed by atoms with E-state index in [-0.39, 0.29) is 17.1 Å². The first-order chi connectivity index (χ1) is 10.9. The Balaban J connectivity index is 1.94. The maximum atomic E-state index is 6.58. The zero-order valence-electron chi connectivity index (χ0n) is 14.9. The van der Waals surface area contributed by atoms with Crippen LogP contribution in [0.1, 0.15) is 42.0 Å². The van der Waals surface area contributed by atoms with Crippen LogP contribution in [0.15, 0.2) is 18.2 Å². The summed E-state index contributed by atoms with van der Waals surface area (Å²) in [6.45, 7) is 8.66. The fraction of sp³-hybridized carbons (Fsp3) is 0.600. The number of nitrogens with zero attached hydrogens (tertiary/aromatic N) is 1. The SMILES string of the molecule is CO[C@@]1(C)C=C[C@@]23CCN(C)Cc4cc(C)c(C)c(c42)OC3C1. The van der Waals surface area contributed by atoms with Gasteiger partial charge in [0.25, 0.3) is 0 Å². The molecule has 3 aliphatic rings. The molecule has 0 saturated heterocycles. The van der Waals surface area contributed by atoms with Crippen molar-refractivity contribution < 1.29 is 9.47 Å². The minimum Gasteiger partial charge on any atom is -0.488 e. The van der Waals surface area contributed by atoms with Gasteiger partial charge in [0.15, 0.2) is 0 Å². The van der Waals surface area contributed by atoms with Crippen LogP contribution in [-0.2, 0) is 16.7 Å². The second-order valence-electron chi connectivity index (χ2n) is 7.87. The van der Waals surface area contributed by atoms with Gasteiger partial charge in [0.2, 0.25) is 0 Å². The number of methoxy groups -OCH3 is 1. The van der Waals surface area contributed by atoms with E-state index in [9.17, 15) is 0 Å². The highest BCUT2D eigenvalue weighted by atomic mass is 16.5. The summed E-state index contributed by atoms with van der Waals surface area (Å²) in [6.07, 6.45) is 6.88. The molecule has 1 unspecified atom stereocenters. The molecular formula is C20H27NO2. The van der Waals surface area contributed by atoms with Crippen LogP contribution in [0, 0.1) is 13.8 Å². The summed E-state index contributed by atoms with van der Waals surface area (Å²) in [5, 5.41) is 0. The van der Waals surface area contributed by atoms with Crippen molar-refractivity contribution in [3.8, 4) is 5.75 Å². The minimum absolute atomic E-state index is 0.0198. The zero-order valence-corrected chi connectivity index (χ0v) is 14.9. The number of ether oxygens (including phenoxy) is 2. The normalized spacial score (nSPS) is 35.4. The van der Waals surface area contributed by atoms with Crippen molar-refractivity contribution in [2.24, 2.45) is 0 Å². The maximum Gasteiger partial charge on any atom is 0.127 e. The van der Waals surface area contributed by atoms with Crippen LogP contribution in [0.25, 0.3) is 0 Å². The second kappa shape index (κ2) is 4.84. The summed E-state index contributed by atoms with van der Waals surface area (Å²) in [6, 6.07) is 2.38. The molecule has 0 fully saturated rings. The third-order valence-electron chi connectivity index (χ3n) is 6.31. The molecule has 0 amide bonds. The monoisotopic (exact) mass is 313 g/mol. The number of benzene rings is 1. The largest absolute Gasteiger partial charge is 0.488 e. The van der Waals surface area contributed by atoms with Crippen molar-refractivity contribution in [2.75, 3.05) is 20.7 Å². The van der Waals surface area contributed by atoms with Gasteiger partial charge in [-0.25, -0.2) is 0 Å². The van der Waals surface area contributed by atoms with Crippen molar-refractivity contribution >= 4 is 0 Å². The fourth-order valence-electron chi connectivity index (χ4n) is 4.59. The third kappa shape index (κ3) is 2.03. The highest BCUT2D eigenvalue weighted by Crippen LogP contribution is 2.55. The third-order valence-corrected chi connectivity index (χ3v) is 6.31. The summed E-state index contributed by atoms with van der Waals surface area (Å²) in [5.41, 5.74) is 5.32. The average Bonchev–Trinajstić information content (AvgIpc) is 2.77. The van der Waals surface area contributed by atoms with E-state index in [4.69, 9.17) is 9.47 Å². The summed E-state index contributed by atoms with van der Waals surface area (Å²) in [5.74, 6) is 1.14. The van der Waals surface area contributed by atoms with Gasteiger partial charge >= 0.3 is 0 Å². The Morgan fingerprint density at radius 2 is 2.09 bits per heavy atom. The standard InChI is InChI=1S/C20H27NO2/c1-13-10-15-12-21(4)9-8-20-7-6-19(3,22-5)11-16(20)23-18(14(13)2)17(15)20/h6-7,10,16H,8-9,11-12H2,1-5H3/t16?,19-,20-/m0/s1. The van der Waals surface area contributed by atoms with E-state index in [1.54, 1.807) is 7.11 Å². The van der Waals surface area contributed by atoms with E-state index in [0.717, 1.165) is 31.7 Å². The molecule has 1 aromatic carbocycles. The van der Waals surface area contributed by atoms with Crippen molar-refractivity contribution in [3.63, 3.8) is 0 Å². The first-order valence-electron chi connectivity index (χ1n) is 8.63. The first kappa shape index (κ1) is 15.2. The van der Waals surface area contributed by atoms with Gasteiger partial charge in [-0.3, -0.25) is 0 Å². The molecule has 1 aromatic rings.